The zero-order valence-corrected chi connectivity index (χ0v) is 12.1. The molecule has 0 radical (unpaired) electrons. The predicted molar refractivity (Wildman–Crippen MR) is 76.5 cm³/mol. The third-order valence-corrected chi connectivity index (χ3v) is 3.12. The van der Waals surface area contributed by atoms with Crippen LogP contribution in [0.25, 0.3) is 0 Å². The van der Waals surface area contributed by atoms with Gasteiger partial charge in [-0.1, -0.05) is 0 Å². The van der Waals surface area contributed by atoms with Gasteiger partial charge in [-0.15, -0.1) is 0 Å². The predicted octanol–water partition coefficient (Wildman–Crippen LogP) is 2.62. The van der Waals surface area contributed by atoms with Crippen molar-refractivity contribution in [2.75, 3.05) is 13.7 Å². The van der Waals surface area contributed by atoms with E-state index in [4.69, 9.17) is 4.42 Å². The minimum atomic E-state index is -0.413. The van der Waals surface area contributed by atoms with Crippen molar-refractivity contribution in [2.24, 2.45) is 0 Å². The molecule has 2 aromatic rings. The van der Waals surface area contributed by atoms with Crippen molar-refractivity contribution in [2.45, 2.75) is 13.0 Å². The molecule has 116 valence electrons. The number of nitrogens with zero attached hydrogens (tertiary/aromatic N) is 1. The Balaban J connectivity index is 2.12. The molecule has 5 nitrogen and oxygen atoms in total. The van der Waals surface area contributed by atoms with E-state index in [0.29, 0.717) is 11.3 Å². The highest BCUT2D eigenvalue weighted by molar-refractivity contribution is 5.94. The smallest absolute Gasteiger partial charge is 0.307 e. The number of halogens is 1. The first kappa shape index (κ1) is 15.8. The van der Waals surface area contributed by atoms with Crippen LogP contribution in [0.2, 0.25) is 0 Å². The molecule has 6 heteroatoms. The van der Waals surface area contributed by atoms with E-state index >= 15 is 0 Å². The van der Waals surface area contributed by atoms with Gasteiger partial charge in [0.25, 0.3) is 5.91 Å². The van der Waals surface area contributed by atoms with Gasteiger partial charge in [0.2, 0.25) is 0 Å². The number of benzene rings is 1. The van der Waals surface area contributed by atoms with Crippen molar-refractivity contribution in [3.05, 3.63) is 59.8 Å². The molecule has 0 saturated heterocycles. The second-order valence-corrected chi connectivity index (χ2v) is 4.64. The summed E-state index contributed by atoms with van der Waals surface area (Å²) in [5, 5.41) is 0. The van der Waals surface area contributed by atoms with E-state index in [1.54, 1.807) is 12.1 Å². The summed E-state index contributed by atoms with van der Waals surface area (Å²) in [6, 6.07) is 8.71. The van der Waals surface area contributed by atoms with E-state index in [2.05, 4.69) is 4.74 Å². The minimum absolute atomic E-state index is 0.0736. The maximum atomic E-state index is 13.0. The maximum Gasteiger partial charge on any atom is 0.307 e. The lowest BCUT2D eigenvalue weighted by Crippen LogP contribution is -2.32. The first-order valence-corrected chi connectivity index (χ1v) is 6.74. The van der Waals surface area contributed by atoms with Crippen molar-refractivity contribution >= 4 is 11.9 Å². The van der Waals surface area contributed by atoms with Crippen LogP contribution in [-0.4, -0.2) is 30.4 Å². The molecular weight excluding hydrogens is 289 g/mol. The Labute approximate surface area is 127 Å². The van der Waals surface area contributed by atoms with Gasteiger partial charge in [-0.25, -0.2) is 4.39 Å². The first-order valence-electron chi connectivity index (χ1n) is 6.74. The average Bonchev–Trinajstić information content (AvgIpc) is 3.04. The van der Waals surface area contributed by atoms with Crippen LogP contribution in [0.3, 0.4) is 0 Å². The third kappa shape index (κ3) is 4.18. The maximum absolute atomic E-state index is 13.0. The topological polar surface area (TPSA) is 59.8 Å². The van der Waals surface area contributed by atoms with Gasteiger partial charge in [-0.3, -0.25) is 9.59 Å². The highest BCUT2D eigenvalue weighted by Crippen LogP contribution is 2.12. The standard InChI is InChI=1S/C16H16FNO4/c1-21-15(19)8-9-18(11-14-3-2-10-22-14)16(20)12-4-6-13(17)7-5-12/h2-7,10H,8-9,11H2,1H3. The second-order valence-electron chi connectivity index (χ2n) is 4.64. The number of methoxy groups -OCH3 is 1. The van der Waals surface area contributed by atoms with E-state index in [0.717, 1.165) is 0 Å². The molecule has 0 aliphatic heterocycles. The number of furan rings is 1. The van der Waals surface area contributed by atoms with Crippen LogP contribution in [0, 0.1) is 5.82 Å². The molecule has 0 aliphatic rings. The van der Waals surface area contributed by atoms with Crippen LogP contribution < -0.4 is 0 Å². The average molecular weight is 305 g/mol. The van der Waals surface area contributed by atoms with Gasteiger partial charge in [0.15, 0.2) is 0 Å². The van der Waals surface area contributed by atoms with Crippen molar-refractivity contribution in [1.29, 1.82) is 0 Å². The zero-order valence-electron chi connectivity index (χ0n) is 12.1. The molecule has 22 heavy (non-hydrogen) atoms. The number of hydrogen-bond acceptors (Lipinski definition) is 4. The Bertz CT molecular complexity index is 622. The SMILES string of the molecule is COC(=O)CCN(Cc1ccco1)C(=O)c1ccc(F)cc1. The number of carbonyl (C=O) groups is 2. The van der Waals surface area contributed by atoms with Gasteiger partial charge in [-0.05, 0) is 36.4 Å². The summed E-state index contributed by atoms with van der Waals surface area (Å²) in [7, 11) is 1.29. The fourth-order valence-corrected chi connectivity index (χ4v) is 1.95. The van der Waals surface area contributed by atoms with E-state index in [-0.39, 0.29) is 25.4 Å². The summed E-state index contributed by atoms with van der Waals surface area (Å²) in [4.78, 5) is 25.2. The zero-order chi connectivity index (χ0) is 15.9. The van der Waals surface area contributed by atoms with Crippen molar-refractivity contribution < 1.29 is 23.1 Å². The van der Waals surface area contributed by atoms with Crippen molar-refractivity contribution in [1.82, 2.24) is 4.90 Å². The lowest BCUT2D eigenvalue weighted by Gasteiger charge is -2.21. The van der Waals surface area contributed by atoms with E-state index in [9.17, 15) is 14.0 Å². The summed E-state index contributed by atoms with van der Waals surface area (Å²) in [6.45, 7) is 0.407. The Morgan fingerprint density at radius 2 is 1.95 bits per heavy atom. The minimum Gasteiger partial charge on any atom is -0.469 e. The summed E-state index contributed by atoms with van der Waals surface area (Å²) in [5.41, 5.74) is 0.345. The summed E-state index contributed by atoms with van der Waals surface area (Å²) in [6.07, 6.45) is 1.58. The molecule has 0 spiro atoms. The molecule has 0 bridgehead atoms. The van der Waals surface area contributed by atoms with Gasteiger partial charge < -0.3 is 14.1 Å². The number of ether oxygens (including phenoxy) is 1. The molecule has 0 N–H and O–H groups in total. The summed E-state index contributed by atoms with van der Waals surface area (Å²) >= 11 is 0. The molecule has 2 rings (SSSR count). The molecule has 0 unspecified atom stereocenters. The number of hydrogen-bond donors (Lipinski definition) is 0. The van der Waals surface area contributed by atoms with Crippen LogP contribution >= 0.6 is 0 Å². The van der Waals surface area contributed by atoms with Gasteiger partial charge in [0.1, 0.15) is 11.6 Å². The molecule has 1 aromatic carbocycles. The quantitative estimate of drug-likeness (QED) is 0.770. The first-order chi connectivity index (χ1) is 10.6. The normalized spacial score (nSPS) is 10.3. The van der Waals surface area contributed by atoms with Crippen molar-refractivity contribution in [3.63, 3.8) is 0 Å². The molecule has 0 saturated carbocycles. The lowest BCUT2D eigenvalue weighted by molar-refractivity contribution is -0.140. The van der Waals surface area contributed by atoms with Gasteiger partial charge >= 0.3 is 5.97 Å². The lowest BCUT2D eigenvalue weighted by atomic mass is 10.2. The second kappa shape index (κ2) is 7.40. The van der Waals surface area contributed by atoms with Gasteiger partial charge in [0.05, 0.1) is 26.3 Å². The van der Waals surface area contributed by atoms with Gasteiger partial charge in [-0.2, -0.15) is 0 Å². The van der Waals surface area contributed by atoms with Gasteiger partial charge in [0, 0.05) is 12.1 Å². The number of rotatable bonds is 6. The van der Waals surface area contributed by atoms with Crippen LogP contribution in [0.5, 0.6) is 0 Å². The molecule has 0 atom stereocenters. The van der Waals surface area contributed by atoms with E-state index in [1.807, 2.05) is 0 Å². The van der Waals surface area contributed by atoms with Crippen LogP contribution in [0.4, 0.5) is 4.39 Å². The number of carbonyl (C=O) groups excluding carboxylic acids is 2. The molecule has 0 aliphatic carbocycles. The molecule has 1 amide bonds. The Morgan fingerprint density at radius 3 is 2.55 bits per heavy atom. The van der Waals surface area contributed by atoms with Crippen molar-refractivity contribution in [3.8, 4) is 0 Å². The Kier molecular flexibility index (Phi) is 5.30. The molecule has 1 aromatic heterocycles. The third-order valence-electron chi connectivity index (χ3n) is 3.12. The fourth-order valence-electron chi connectivity index (χ4n) is 1.95. The Morgan fingerprint density at radius 1 is 1.23 bits per heavy atom. The molecule has 0 fully saturated rings. The van der Waals surface area contributed by atoms with Crippen LogP contribution in [0.15, 0.2) is 47.1 Å². The number of esters is 1. The monoisotopic (exact) mass is 305 g/mol. The van der Waals surface area contributed by atoms with E-state index in [1.165, 1.54) is 42.5 Å². The highest BCUT2D eigenvalue weighted by Gasteiger charge is 2.18. The van der Waals surface area contributed by atoms with Crippen LogP contribution in [0.1, 0.15) is 22.5 Å². The Hall–Kier alpha value is -2.63. The largest absolute Gasteiger partial charge is 0.469 e. The molecular formula is C16H16FNO4. The summed E-state index contributed by atoms with van der Waals surface area (Å²) in [5.74, 6) is -0.527. The van der Waals surface area contributed by atoms with E-state index < -0.39 is 11.8 Å². The highest BCUT2D eigenvalue weighted by atomic mass is 19.1. The summed E-state index contributed by atoms with van der Waals surface area (Å²) < 4.78 is 22.8. The fraction of sp³-hybridized carbons (Fsp3) is 0.250. The van der Waals surface area contributed by atoms with Crippen LogP contribution in [-0.2, 0) is 16.1 Å². The number of amides is 1. The molecule has 1 heterocycles.